The van der Waals surface area contributed by atoms with Gasteiger partial charge in [0, 0.05) is 14.1 Å². The van der Waals surface area contributed by atoms with Gasteiger partial charge in [0.15, 0.2) is 6.61 Å². The number of benzene rings is 1. The van der Waals surface area contributed by atoms with Crippen molar-refractivity contribution in [2.45, 2.75) is 13.0 Å². The molecule has 2 amide bonds. The minimum absolute atomic E-state index is 0.178. The van der Waals surface area contributed by atoms with Gasteiger partial charge in [-0.05, 0) is 19.1 Å². The molecule has 0 saturated heterocycles. The summed E-state index contributed by atoms with van der Waals surface area (Å²) in [5, 5.41) is 11.1. The molecule has 1 rings (SSSR count). The molecule has 0 aliphatic carbocycles. The third-order valence-corrected chi connectivity index (χ3v) is 2.70. The van der Waals surface area contributed by atoms with Crippen LogP contribution in [0.2, 0.25) is 0 Å². The van der Waals surface area contributed by atoms with Crippen molar-refractivity contribution in [3.05, 3.63) is 29.8 Å². The van der Waals surface area contributed by atoms with Crippen LogP contribution < -0.4 is 10.1 Å². The third-order valence-electron chi connectivity index (χ3n) is 2.70. The summed E-state index contributed by atoms with van der Waals surface area (Å²) in [7, 11) is 3.19. The second-order valence-corrected chi connectivity index (χ2v) is 4.61. The molecule has 1 atom stereocenters. The summed E-state index contributed by atoms with van der Waals surface area (Å²) in [5.41, 5.74) is 0.178. The molecule has 1 aromatic rings. The monoisotopic (exact) mass is 294 g/mol. The molecule has 0 aliphatic rings. The maximum atomic E-state index is 12.0. The van der Waals surface area contributed by atoms with Gasteiger partial charge in [0.25, 0.3) is 11.8 Å². The highest BCUT2D eigenvalue weighted by atomic mass is 16.5. The lowest BCUT2D eigenvalue weighted by atomic mass is 10.1. The highest BCUT2D eigenvalue weighted by Gasteiger charge is 2.18. The lowest BCUT2D eigenvalue weighted by Gasteiger charge is -2.15. The Bertz CT molecular complexity index is 542. The number of rotatable bonds is 6. The second-order valence-electron chi connectivity index (χ2n) is 4.61. The molecule has 0 saturated carbocycles. The van der Waals surface area contributed by atoms with Gasteiger partial charge in [-0.25, -0.2) is 0 Å². The fourth-order valence-electron chi connectivity index (χ4n) is 1.38. The van der Waals surface area contributed by atoms with Crippen molar-refractivity contribution in [3.63, 3.8) is 0 Å². The molecule has 1 aromatic carbocycles. The first-order chi connectivity index (χ1) is 9.82. The molecule has 0 bridgehead atoms. The maximum absolute atomic E-state index is 12.0. The Kier molecular flexibility index (Phi) is 5.71. The Morgan fingerprint density at radius 1 is 1.29 bits per heavy atom. The molecular formula is C14H18N2O5. The predicted molar refractivity (Wildman–Crippen MR) is 75.2 cm³/mol. The number of carbonyl (C=O) groups excluding carboxylic acids is 2. The first kappa shape index (κ1) is 16.5. The average Bonchev–Trinajstić information content (AvgIpc) is 2.44. The van der Waals surface area contributed by atoms with Gasteiger partial charge in [-0.3, -0.25) is 14.4 Å². The average molecular weight is 294 g/mol. The Balaban J connectivity index is 2.81. The lowest BCUT2D eigenvalue weighted by molar-refractivity contribution is -0.138. The van der Waals surface area contributed by atoms with Gasteiger partial charge in [0.05, 0.1) is 5.56 Å². The normalized spacial score (nSPS) is 11.4. The number of hydrogen-bond donors (Lipinski definition) is 2. The highest BCUT2D eigenvalue weighted by Crippen LogP contribution is 2.18. The Morgan fingerprint density at radius 2 is 1.90 bits per heavy atom. The molecule has 0 unspecified atom stereocenters. The van der Waals surface area contributed by atoms with E-state index in [2.05, 4.69) is 5.32 Å². The van der Waals surface area contributed by atoms with E-state index in [1.165, 1.54) is 17.9 Å². The van der Waals surface area contributed by atoms with E-state index in [1.807, 2.05) is 0 Å². The molecule has 0 spiro atoms. The summed E-state index contributed by atoms with van der Waals surface area (Å²) >= 11 is 0. The molecule has 0 fully saturated rings. The summed E-state index contributed by atoms with van der Waals surface area (Å²) < 4.78 is 5.32. The van der Waals surface area contributed by atoms with Crippen LogP contribution >= 0.6 is 0 Å². The Labute approximate surface area is 122 Å². The molecule has 0 radical (unpaired) electrons. The molecule has 114 valence electrons. The van der Waals surface area contributed by atoms with E-state index in [-0.39, 0.29) is 23.8 Å². The Hall–Kier alpha value is -2.57. The zero-order chi connectivity index (χ0) is 16.0. The van der Waals surface area contributed by atoms with E-state index in [1.54, 1.807) is 32.3 Å². The second kappa shape index (κ2) is 7.28. The molecule has 7 nitrogen and oxygen atoms in total. The Morgan fingerprint density at radius 3 is 2.48 bits per heavy atom. The van der Waals surface area contributed by atoms with Crippen LogP contribution in [0.25, 0.3) is 0 Å². The van der Waals surface area contributed by atoms with E-state index in [9.17, 15) is 14.4 Å². The maximum Gasteiger partial charge on any atom is 0.325 e. The molecular weight excluding hydrogens is 276 g/mol. The first-order valence-corrected chi connectivity index (χ1v) is 6.28. The van der Waals surface area contributed by atoms with Crippen LogP contribution in [0.4, 0.5) is 0 Å². The van der Waals surface area contributed by atoms with Crippen molar-refractivity contribution < 1.29 is 24.2 Å². The predicted octanol–water partition coefficient (Wildman–Crippen LogP) is 0.356. The third kappa shape index (κ3) is 4.79. The fourth-order valence-corrected chi connectivity index (χ4v) is 1.38. The SMILES string of the molecule is C[C@@H](NC(=O)c1ccccc1OCC(=O)N(C)C)C(=O)O. The van der Waals surface area contributed by atoms with Gasteiger partial charge < -0.3 is 20.1 Å². The number of carboxylic acid groups (broad SMARTS) is 1. The minimum atomic E-state index is -1.13. The van der Waals surface area contributed by atoms with Crippen molar-refractivity contribution in [2.24, 2.45) is 0 Å². The van der Waals surface area contributed by atoms with Gasteiger partial charge in [-0.15, -0.1) is 0 Å². The van der Waals surface area contributed by atoms with Gasteiger partial charge in [0.2, 0.25) is 0 Å². The number of carboxylic acids is 1. The minimum Gasteiger partial charge on any atom is -0.483 e. The number of carbonyl (C=O) groups is 3. The van der Waals surface area contributed by atoms with Crippen LogP contribution in [-0.2, 0) is 9.59 Å². The van der Waals surface area contributed by atoms with Gasteiger partial charge in [0.1, 0.15) is 11.8 Å². The van der Waals surface area contributed by atoms with Crippen LogP contribution in [0.1, 0.15) is 17.3 Å². The molecule has 0 heterocycles. The number of amides is 2. The quantitative estimate of drug-likeness (QED) is 0.789. The number of hydrogen-bond acceptors (Lipinski definition) is 4. The van der Waals surface area contributed by atoms with E-state index in [0.29, 0.717) is 0 Å². The summed E-state index contributed by atoms with van der Waals surface area (Å²) in [6.45, 7) is 1.16. The summed E-state index contributed by atoms with van der Waals surface area (Å²) in [4.78, 5) is 35.6. The van der Waals surface area contributed by atoms with Crippen molar-refractivity contribution in [2.75, 3.05) is 20.7 Å². The molecule has 2 N–H and O–H groups in total. The smallest absolute Gasteiger partial charge is 0.325 e. The number of nitrogens with one attached hydrogen (secondary N) is 1. The lowest BCUT2D eigenvalue weighted by Crippen LogP contribution is -2.38. The zero-order valence-corrected chi connectivity index (χ0v) is 12.1. The van der Waals surface area contributed by atoms with Gasteiger partial charge in [-0.1, -0.05) is 12.1 Å². The van der Waals surface area contributed by atoms with Crippen LogP contribution in [0.5, 0.6) is 5.75 Å². The van der Waals surface area contributed by atoms with Gasteiger partial charge >= 0.3 is 5.97 Å². The van der Waals surface area contributed by atoms with Crippen molar-refractivity contribution in [1.82, 2.24) is 10.2 Å². The number of para-hydroxylation sites is 1. The fraction of sp³-hybridized carbons (Fsp3) is 0.357. The van der Waals surface area contributed by atoms with E-state index < -0.39 is 17.9 Å². The molecule has 7 heteroatoms. The van der Waals surface area contributed by atoms with Crippen molar-refractivity contribution in [3.8, 4) is 5.75 Å². The summed E-state index contributed by atoms with van der Waals surface area (Å²) in [5.74, 6) is -1.73. The van der Waals surface area contributed by atoms with Crippen molar-refractivity contribution in [1.29, 1.82) is 0 Å². The van der Waals surface area contributed by atoms with Crippen LogP contribution in [0, 0.1) is 0 Å². The number of aliphatic carboxylic acids is 1. The molecule has 21 heavy (non-hydrogen) atoms. The number of ether oxygens (including phenoxy) is 1. The first-order valence-electron chi connectivity index (χ1n) is 6.28. The largest absolute Gasteiger partial charge is 0.483 e. The van der Waals surface area contributed by atoms with Crippen LogP contribution in [-0.4, -0.2) is 54.5 Å². The van der Waals surface area contributed by atoms with Crippen LogP contribution in [0.3, 0.4) is 0 Å². The van der Waals surface area contributed by atoms with Gasteiger partial charge in [-0.2, -0.15) is 0 Å². The van der Waals surface area contributed by atoms with Crippen molar-refractivity contribution >= 4 is 17.8 Å². The van der Waals surface area contributed by atoms with E-state index in [4.69, 9.17) is 9.84 Å². The zero-order valence-electron chi connectivity index (χ0n) is 12.1. The molecule has 0 aromatic heterocycles. The topological polar surface area (TPSA) is 95.9 Å². The van der Waals surface area contributed by atoms with Crippen LogP contribution in [0.15, 0.2) is 24.3 Å². The summed E-state index contributed by atoms with van der Waals surface area (Å²) in [6.07, 6.45) is 0. The number of nitrogens with zero attached hydrogens (tertiary/aromatic N) is 1. The number of likely N-dealkylation sites (N-methyl/N-ethyl adjacent to an activating group) is 1. The molecule has 0 aliphatic heterocycles. The standard InChI is InChI=1S/C14H18N2O5/c1-9(14(19)20)15-13(18)10-6-4-5-7-11(10)21-8-12(17)16(2)3/h4-7,9H,8H2,1-3H3,(H,15,18)(H,19,20)/t9-/m1/s1. The van der Waals surface area contributed by atoms with E-state index in [0.717, 1.165) is 0 Å². The van der Waals surface area contributed by atoms with E-state index >= 15 is 0 Å². The highest BCUT2D eigenvalue weighted by molar-refractivity contribution is 5.98. The summed E-state index contributed by atoms with van der Waals surface area (Å²) in [6, 6.07) is 5.31.